The Morgan fingerprint density at radius 3 is 2.19 bits per heavy atom. The number of amides is 1. The Balaban J connectivity index is 0.000000934. The average molecular weight is 627 g/mol. The highest BCUT2D eigenvalue weighted by Gasteiger charge is 2.63. The number of hydrogen-bond donors (Lipinski definition) is 8. The number of fused-ring (bicyclic) bond motifs is 3. The molecule has 1 aromatic carbocycles. The maximum atomic E-state index is 13.9. The third-order valence-corrected chi connectivity index (χ3v) is 8.13. The molecule has 4 atom stereocenters. The highest BCUT2D eigenvalue weighted by Crippen LogP contribution is 2.53. The van der Waals surface area contributed by atoms with Gasteiger partial charge in [0.05, 0.1) is 17.3 Å². The number of phenols is 1. The number of nitrogen functional groups attached to an aromatic ring is 1. The monoisotopic (exact) mass is 626 g/mol. The van der Waals surface area contributed by atoms with Crippen molar-refractivity contribution in [1.82, 2.24) is 4.90 Å². The Labute approximate surface area is 248 Å². The van der Waals surface area contributed by atoms with E-state index in [9.17, 15) is 34.8 Å². The van der Waals surface area contributed by atoms with Crippen LogP contribution in [0.15, 0.2) is 28.7 Å². The number of rotatable bonds is 6. The lowest BCUT2D eigenvalue weighted by Crippen LogP contribution is -2.63. The molecule has 10 N–H and O–H groups in total. The van der Waals surface area contributed by atoms with Crippen LogP contribution in [0.3, 0.4) is 0 Å². The second-order valence-electron chi connectivity index (χ2n) is 11.4. The third kappa shape index (κ3) is 5.80. The molecule has 0 radical (unpaired) electrons. The van der Waals surface area contributed by atoms with Crippen LogP contribution in [0.25, 0.3) is 0 Å². The lowest BCUT2D eigenvalue weighted by Gasteiger charge is -2.50. The van der Waals surface area contributed by atoms with Gasteiger partial charge in [-0.3, -0.25) is 28.4 Å². The highest BCUT2D eigenvalue weighted by atomic mass is 32.3. The molecule has 2 unspecified atom stereocenters. The third-order valence-electron chi connectivity index (χ3n) is 8.13. The van der Waals surface area contributed by atoms with Gasteiger partial charge in [0.15, 0.2) is 11.4 Å². The van der Waals surface area contributed by atoms with Crippen molar-refractivity contribution in [3.05, 3.63) is 39.9 Å². The molecule has 16 heteroatoms. The minimum Gasteiger partial charge on any atom is -0.510 e. The van der Waals surface area contributed by atoms with Gasteiger partial charge in [0.25, 0.3) is 5.91 Å². The number of carbonyl (C=O) groups is 3. The molecule has 0 aromatic heterocycles. The number of hydrogen-bond acceptors (Lipinski definition) is 12. The van der Waals surface area contributed by atoms with Crippen LogP contribution in [0.4, 0.5) is 11.4 Å². The fourth-order valence-corrected chi connectivity index (χ4v) is 6.47. The molecule has 4 rings (SSSR count). The van der Waals surface area contributed by atoms with Gasteiger partial charge in [0.1, 0.15) is 22.8 Å². The molecular formula is C27H38N4O11S. The van der Waals surface area contributed by atoms with Crippen LogP contribution < -0.4 is 16.4 Å². The van der Waals surface area contributed by atoms with Crippen LogP contribution >= 0.6 is 0 Å². The van der Waals surface area contributed by atoms with Gasteiger partial charge < -0.3 is 36.8 Å². The van der Waals surface area contributed by atoms with E-state index in [2.05, 4.69) is 4.90 Å². The fraction of sp³-hybridized carbons (Fsp3) is 0.519. The Hall–Kier alpha value is -3.70. The number of Topliss-reactive ketones (excluding diaryl/α,β-unsaturated/α-hetero) is 2. The van der Waals surface area contributed by atoms with Crippen LogP contribution in [0.5, 0.6) is 5.75 Å². The smallest absolute Gasteiger partial charge is 0.394 e. The van der Waals surface area contributed by atoms with E-state index in [0.717, 1.165) is 6.42 Å². The van der Waals surface area contributed by atoms with Gasteiger partial charge in [-0.1, -0.05) is 6.92 Å². The Morgan fingerprint density at radius 1 is 1.16 bits per heavy atom. The standard InChI is InChI=1S/C27H36N4O7.H2O4S/c1-6-7-31(11(2)3)16-10-15(28)21(32)18-13(16)8-12-9-14-20(30(4)5)23(34)19(26(29)37)25(36)27(14,38)24(35)17(12)22(18)33;1-5(2,3)4/h10-12,14,20,32,34-35,38H,6-9,28H2,1-5H3,(H2,29,37);(H2,1,2,3,4)/t12?,14?,20-,27-;/m0./s1. The first-order valence-corrected chi connectivity index (χ1v) is 14.8. The summed E-state index contributed by atoms with van der Waals surface area (Å²) in [6, 6.07) is 0.667. The van der Waals surface area contributed by atoms with E-state index in [4.69, 9.17) is 29.0 Å². The van der Waals surface area contributed by atoms with Crippen LogP contribution in [0, 0.1) is 11.8 Å². The topological polar surface area (TPSA) is 265 Å². The van der Waals surface area contributed by atoms with Crippen molar-refractivity contribution in [2.75, 3.05) is 31.3 Å². The minimum absolute atomic E-state index is 0.00919. The quantitative estimate of drug-likeness (QED) is 0.0934. The highest BCUT2D eigenvalue weighted by molar-refractivity contribution is 7.79. The summed E-state index contributed by atoms with van der Waals surface area (Å²) in [5, 5.41) is 44.9. The molecule has 0 heterocycles. The second kappa shape index (κ2) is 11.8. The molecule has 0 bridgehead atoms. The molecule has 1 amide bonds. The summed E-state index contributed by atoms with van der Waals surface area (Å²) in [7, 11) is -1.48. The lowest BCUT2D eigenvalue weighted by atomic mass is 9.58. The largest absolute Gasteiger partial charge is 0.510 e. The molecular weight excluding hydrogens is 588 g/mol. The van der Waals surface area contributed by atoms with Crippen molar-refractivity contribution < 1.29 is 52.3 Å². The molecule has 238 valence electrons. The molecule has 0 fully saturated rings. The number of primary amides is 1. The summed E-state index contributed by atoms with van der Waals surface area (Å²) in [6.07, 6.45) is 1.07. The predicted molar refractivity (Wildman–Crippen MR) is 155 cm³/mol. The predicted octanol–water partition coefficient (Wildman–Crippen LogP) is 0.675. The van der Waals surface area contributed by atoms with Crippen LogP contribution in [-0.2, 0) is 26.4 Å². The first kappa shape index (κ1) is 33.8. The van der Waals surface area contributed by atoms with Crippen molar-refractivity contribution in [3.8, 4) is 5.75 Å². The molecule has 15 nitrogen and oxygen atoms in total. The summed E-state index contributed by atoms with van der Waals surface area (Å²) >= 11 is 0. The number of aromatic hydroxyl groups is 1. The maximum absolute atomic E-state index is 13.9. The van der Waals surface area contributed by atoms with Gasteiger partial charge in [-0.2, -0.15) is 8.42 Å². The van der Waals surface area contributed by atoms with Crippen molar-refractivity contribution in [2.24, 2.45) is 17.6 Å². The molecule has 3 aliphatic rings. The van der Waals surface area contributed by atoms with Gasteiger partial charge in [0, 0.05) is 29.8 Å². The average Bonchev–Trinajstić information content (AvgIpc) is 2.85. The number of aliphatic hydroxyl groups excluding tert-OH is 2. The summed E-state index contributed by atoms with van der Waals surface area (Å²) in [4.78, 5) is 43.0. The SMILES string of the molecule is CCCN(c1cc(N)c(O)c2c1CC1CC3[C@H](N(C)C)C(O)=C(C(N)=O)C(=O)[C@@]3(O)C(O)=C1C2=O)C(C)C.O=S(=O)(O)O. The number of ketones is 2. The Morgan fingerprint density at radius 2 is 1.72 bits per heavy atom. The number of carbonyl (C=O) groups excluding carboxylic acids is 3. The van der Waals surface area contributed by atoms with Crippen LogP contribution in [0.2, 0.25) is 0 Å². The Bertz CT molecular complexity index is 1530. The first-order chi connectivity index (χ1) is 19.7. The van der Waals surface area contributed by atoms with E-state index < -0.39 is 74.2 Å². The van der Waals surface area contributed by atoms with Crippen molar-refractivity contribution in [3.63, 3.8) is 0 Å². The maximum Gasteiger partial charge on any atom is 0.394 e. The minimum atomic E-state index is -4.67. The molecule has 3 aliphatic carbocycles. The summed E-state index contributed by atoms with van der Waals surface area (Å²) in [5.41, 5.74) is 8.94. The zero-order valence-electron chi connectivity index (χ0n) is 24.4. The molecule has 0 spiro atoms. The number of allylic oxidation sites excluding steroid dienone is 1. The van der Waals surface area contributed by atoms with E-state index >= 15 is 0 Å². The first-order valence-electron chi connectivity index (χ1n) is 13.5. The number of nitrogens with two attached hydrogens (primary N) is 2. The van der Waals surface area contributed by atoms with Gasteiger partial charge in [-0.15, -0.1) is 0 Å². The molecule has 0 saturated carbocycles. The number of benzene rings is 1. The van der Waals surface area contributed by atoms with E-state index in [1.807, 2.05) is 20.8 Å². The summed E-state index contributed by atoms with van der Waals surface area (Å²) in [5.74, 6) is -6.91. The number of phenolic OH excluding ortho intramolecular Hbond substituents is 1. The number of aliphatic hydroxyl groups is 3. The van der Waals surface area contributed by atoms with Crippen molar-refractivity contribution in [1.29, 1.82) is 0 Å². The van der Waals surface area contributed by atoms with E-state index in [1.165, 1.54) is 4.90 Å². The number of nitrogens with zero attached hydrogens (tertiary/aromatic N) is 2. The Kier molecular flexibility index (Phi) is 9.25. The van der Waals surface area contributed by atoms with Gasteiger partial charge in [-0.25, -0.2) is 0 Å². The van der Waals surface area contributed by atoms with Crippen LogP contribution in [-0.4, -0.2) is 98.6 Å². The van der Waals surface area contributed by atoms with Crippen LogP contribution in [0.1, 0.15) is 49.5 Å². The lowest BCUT2D eigenvalue weighted by molar-refractivity contribution is -0.148. The van der Waals surface area contributed by atoms with E-state index in [0.29, 0.717) is 17.8 Å². The van der Waals surface area contributed by atoms with Crippen molar-refractivity contribution in [2.45, 2.75) is 57.7 Å². The van der Waals surface area contributed by atoms with Gasteiger partial charge >= 0.3 is 10.4 Å². The second-order valence-corrected chi connectivity index (χ2v) is 12.3. The summed E-state index contributed by atoms with van der Waals surface area (Å²) in [6.45, 7) is 6.72. The zero-order valence-corrected chi connectivity index (χ0v) is 25.2. The summed E-state index contributed by atoms with van der Waals surface area (Å²) < 4.78 is 31.6. The molecule has 0 saturated heterocycles. The normalized spacial score (nSPS) is 25.2. The van der Waals surface area contributed by atoms with Gasteiger partial charge in [0.2, 0.25) is 5.78 Å². The molecule has 0 aliphatic heterocycles. The molecule has 43 heavy (non-hydrogen) atoms. The molecule has 1 aromatic rings. The zero-order chi connectivity index (χ0) is 32.9. The van der Waals surface area contributed by atoms with E-state index in [-0.39, 0.29) is 35.7 Å². The fourth-order valence-electron chi connectivity index (χ4n) is 6.47. The van der Waals surface area contributed by atoms with Crippen molar-refractivity contribution >= 4 is 39.2 Å². The number of anilines is 2. The van der Waals surface area contributed by atoms with Gasteiger partial charge in [-0.05, 0) is 64.8 Å². The number of likely N-dealkylation sites (N-methyl/N-ethyl adjacent to an activating group) is 1. The van der Waals surface area contributed by atoms with E-state index in [1.54, 1.807) is 20.2 Å².